The summed E-state index contributed by atoms with van der Waals surface area (Å²) in [7, 11) is 4.09. The molecular formula is C19H37NO4. The monoisotopic (exact) mass is 343 g/mol. The van der Waals surface area contributed by atoms with Crippen LogP contribution in [0.15, 0.2) is 0 Å². The van der Waals surface area contributed by atoms with Gasteiger partial charge < -0.3 is 24.6 Å². The second-order valence-corrected chi connectivity index (χ2v) is 8.32. The van der Waals surface area contributed by atoms with Gasteiger partial charge in [-0.2, -0.15) is 0 Å². The molecule has 142 valence electrons. The van der Waals surface area contributed by atoms with Crippen molar-refractivity contribution in [3.05, 3.63) is 0 Å². The van der Waals surface area contributed by atoms with Crippen molar-refractivity contribution >= 4 is 0 Å². The van der Waals surface area contributed by atoms with E-state index in [1.54, 1.807) is 6.92 Å². The summed E-state index contributed by atoms with van der Waals surface area (Å²) in [5.41, 5.74) is 0. The highest BCUT2D eigenvalue weighted by Crippen LogP contribution is 2.45. The van der Waals surface area contributed by atoms with Crippen LogP contribution >= 0.6 is 0 Å². The minimum absolute atomic E-state index is 0.101. The first-order chi connectivity index (χ1) is 11.3. The van der Waals surface area contributed by atoms with E-state index in [1.165, 1.54) is 12.8 Å². The molecule has 2 rings (SSSR count). The van der Waals surface area contributed by atoms with Gasteiger partial charge in [-0.15, -0.1) is 0 Å². The average molecular weight is 344 g/mol. The van der Waals surface area contributed by atoms with Crippen LogP contribution in [0.3, 0.4) is 0 Å². The Hall–Kier alpha value is -0.200. The lowest BCUT2D eigenvalue weighted by Gasteiger charge is -2.41. The Morgan fingerprint density at radius 3 is 2.75 bits per heavy atom. The topological polar surface area (TPSA) is 62.2 Å². The van der Waals surface area contributed by atoms with Crippen LogP contribution in [0, 0.1) is 23.7 Å². The summed E-state index contributed by atoms with van der Waals surface area (Å²) in [6.45, 7) is 6.03. The highest BCUT2D eigenvalue weighted by Gasteiger charge is 2.42. The minimum atomic E-state index is -0.994. The number of nitrogens with zero attached hydrogens (tertiary/aromatic N) is 1. The van der Waals surface area contributed by atoms with E-state index in [1.807, 2.05) is 14.1 Å². The standard InChI is InChI=1S/C19H37NO4/c1-14(18(21)23-12-6-11-20(3)4)16-8-5-7-15-9-10-19(2,22)24-13-17(15)16/h14-18,21-22H,5-13H2,1-4H3/t14-,15?,16?,17?,18?,19+/m1/s1. The molecule has 5 nitrogen and oxygen atoms in total. The zero-order chi connectivity index (χ0) is 17.7. The molecule has 6 atom stereocenters. The summed E-state index contributed by atoms with van der Waals surface area (Å²) < 4.78 is 11.5. The van der Waals surface area contributed by atoms with Crippen molar-refractivity contribution < 1.29 is 19.7 Å². The third-order valence-corrected chi connectivity index (χ3v) is 6.00. The SMILES string of the molecule is C[C@@H](C(O)OCCCN(C)C)C1CCCC2CC[C@@](C)(O)OCC21. The third-order valence-electron chi connectivity index (χ3n) is 6.00. The Kier molecular flexibility index (Phi) is 7.50. The summed E-state index contributed by atoms with van der Waals surface area (Å²) in [6, 6.07) is 0. The maximum atomic E-state index is 10.5. The maximum absolute atomic E-state index is 10.5. The normalized spacial score (nSPS) is 36.9. The van der Waals surface area contributed by atoms with Gasteiger partial charge in [0.1, 0.15) is 0 Å². The van der Waals surface area contributed by atoms with Crippen LogP contribution in [0.1, 0.15) is 52.4 Å². The average Bonchev–Trinajstić information content (AvgIpc) is 2.69. The molecule has 0 aromatic heterocycles. The maximum Gasteiger partial charge on any atom is 0.162 e. The fraction of sp³-hybridized carbons (Fsp3) is 1.00. The lowest BCUT2D eigenvalue weighted by molar-refractivity contribution is -0.200. The van der Waals surface area contributed by atoms with Gasteiger partial charge >= 0.3 is 0 Å². The molecule has 0 aromatic carbocycles. The van der Waals surface area contributed by atoms with Crippen LogP contribution in [0.25, 0.3) is 0 Å². The molecule has 0 spiro atoms. The predicted molar refractivity (Wildman–Crippen MR) is 94.4 cm³/mol. The molecule has 0 amide bonds. The van der Waals surface area contributed by atoms with Crippen LogP contribution in [0.5, 0.6) is 0 Å². The van der Waals surface area contributed by atoms with Crippen LogP contribution in [-0.2, 0) is 9.47 Å². The smallest absolute Gasteiger partial charge is 0.162 e. The molecule has 1 aliphatic carbocycles. The first kappa shape index (κ1) is 20.1. The van der Waals surface area contributed by atoms with E-state index in [0.717, 1.165) is 25.8 Å². The highest BCUT2D eigenvalue weighted by molar-refractivity contribution is 4.88. The number of ether oxygens (including phenoxy) is 2. The molecular weight excluding hydrogens is 306 g/mol. The van der Waals surface area contributed by atoms with Crippen LogP contribution in [-0.4, -0.2) is 61.0 Å². The molecule has 24 heavy (non-hydrogen) atoms. The summed E-state index contributed by atoms with van der Waals surface area (Å²) in [5.74, 6) is 0.529. The fourth-order valence-electron chi connectivity index (χ4n) is 4.41. The third kappa shape index (κ3) is 5.67. The molecule has 0 bridgehead atoms. The van der Waals surface area contributed by atoms with E-state index in [9.17, 15) is 10.2 Å². The number of hydrogen-bond acceptors (Lipinski definition) is 5. The molecule has 1 aliphatic heterocycles. The molecule has 2 N–H and O–H groups in total. The van der Waals surface area contributed by atoms with Crippen molar-refractivity contribution in [1.29, 1.82) is 0 Å². The van der Waals surface area contributed by atoms with Crippen molar-refractivity contribution in [3.63, 3.8) is 0 Å². The molecule has 4 unspecified atom stereocenters. The number of hydrogen-bond donors (Lipinski definition) is 2. The quantitative estimate of drug-likeness (QED) is 0.549. The molecule has 2 aliphatic rings. The zero-order valence-electron chi connectivity index (χ0n) is 15.9. The van der Waals surface area contributed by atoms with Crippen molar-refractivity contribution in [3.8, 4) is 0 Å². The lowest BCUT2D eigenvalue weighted by atomic mass is 9.66. The number of fused-ring (bicyclic) bond motifs is 1. The van der Waals surface area contributed by atoms with E-state index in [2.05, 4.69) is 11.8 Å². The second-order valence-electron chi connectivity index (χ2n) is 8.32. The summed E-state index contributed by atoms with van der Waals surface area (Å²) in [4.78, 5) is 2.12. The fourth-order valence-corrected chi connectivity index (χ4v) is 4.41. The Morgan fingerprint density at radius 1 is 1.29 bits per heavy atom. The Labute approximate surface area is 147 Å². The molecule has 0 aromatic rings. The van der Waals surface area contributed by atoms with Gasteiger partial charge in [-0.25, -0.2) is 0 Å². The molecule has 0 radical (unpaired) electrons. The van der Waals surface area contributed by atoms with Gasteiger partial charge in [0.2, 0.25) is 0 Å². The van der Waals surface area contributed by atoms with Crippen LogP contribution < -0.4 is 0 Å². The second kappa shape index (κ2) is 8.95. The summed E-state index contributed by atoms with van der Waals surface area (Å²) in [6.07, 6.45) is 5.48. The minimum Gasteiger partial charge on any atom is -0.368 e. The molecule has 1 saturated heterocycles. The largest absolute Gasteiger partial charge is 0.368 e. The summed E-state index contributed by atoms with van der Waals surface area (Å²) in [5, 5.41) is 20.7. The van der Waals surface area contributed by atoms with Gasteiger partial charge in [0.25, 0.3) is 0 Å². The Morgan fingerprint density at radius 2 is 2.04 bits per heavy atom. The summed E-state index contributed by atoms with van der Waals surface area (Å²) >= 11 is 0. The Balaban J connectivity index is 1.88. The van der Waals surface area contributed by atoms with Gasteiger partial charge in [0, 0.05) is 12.3 Å². The number of aliphatic hydroxyl groups is 2. The van der Waals surface area contributed by atoms with E-state index in [4.69, 9.17) is 9.47 Å². The van der Waals surface area contributed by atoms with Gasteiger partial charge in [-0.3, -0.25) is 0 Å². The van der Waals surface area contributed by atoms with Gasteiger partial charge in [0.15, 0.2) is 12.1 Å². The Bertz CT molecular complexity index is 374. The van der Waals surface area contributed by atoms with Crippen LogP contribution in [0.4, 0.5) is 0 Å². The van der Waals surface area contributed by atoms with Gasteiger partial charge in [-0.1, -0.05) is 19.8 Å². The van der Waals surface area contributed by atoms with E-state index >= 15 is 0 Å². The number of rotatable bonds is 7. The predicted octanol–water partition coefficient (Wildman–Crippen LogP) is 2.46. The molecule has 1 heterocycles. The lowest BCUT2D eigenvalue weighted by Crippen LogP contribution is -2.40. The van der Waals surface area contributed by atoms with E-state index in [0.29, 0.717) is 37.4 Å². The number of aliphatic hydroxyl groups excluding tert-OH is 1. The highest BCUT2D eigenvalue weighted by atomic mass is 16.6. The van der Waals surface area contributed by atoms with Crippen LogP contribution in [0.2, 0.25) is 0 Å². The van der Waals surface area contributed by atoms with E-state index in [-0.39, 0.29) is 5.92 Å². The van der Waals surface area contributed by atoms with Gasteiger partial charge in [0.05, 0.1) is 13.2 Å². The first-order valence-corrected chi connectivity index (χ1v) is 9.61. The van der Waals surface area contributed by atoms with Crippen molar-refractivity contribution in [2.24, 2.45) is 23.7 Å². The molecule has 2 fully saturated rings. The first-order valence-electron chi connectivity index (χ1n) is 9.61. The van der Waals surface area contributed by atoms with E-state index < -0.39 is 12.1 Å². The van der Waals surface area contributed by atoms with Crippen molar-refractivity contribution in [1.82, 2.24) is 4.90 Å². The van der Waals surface area contributed by atoms with Gasteiger partial charge in [-0.05, 0) is 64.6 Å². The van der Waals surface area contributed by atoms with Crippen molar-refractivity contribution in [2.75, 3.05) is 33.9 Å². The molecule has 5 heteroatoms. The van der Waals surface area contributed by atoms with Crippen molar-refractivity contribution in [2.45, 2.75) is 64.4 Å². The zero-order valence-corrected chi connectivity index (χ0v) is 15.9. The molecule has 1 saturated carbocycles.